The van der Waals surface area contributed by atoms with Crippen molar-refractivity contribution in [2.24, 2.45) is 0 Å². The number of carbonyl (C=O) groups is 2. The Morgan fingerprint density at radius 3 is 2.58 bits per heavy atom. The Balaban J connectivity index is 1.16. The lowest BCUT2D eigenvalue weighted by Gasteiger charge is -2.32. The van der Waals surface area contributed by atoms with E-state index >= 15 is 0 Å². The molecule has 0 saturated carbocycles. The van der Waals surface area contributed by atoms with Gasteiger partial charge in [0.15, 0.2) is 11.5 Å². The lowest BCUT2D eigenvalue weighted by Crippen LogP contribution is -2.44. The lowest BCUT2D eigenvalue weighted by atomic mass is 10.0. The molecule has 5 rings (SSSR count). The van der Waals surface area contributed by atoms with E-state index < -0.39 is 0 Å². The maximum absolute atomic E-state index is 12.9. The molecule has 1 amide bonds. The Morgan fingerprint density at radius 2 is 1.89 bits per heavy atom. The summed E-state index contributed by atoms with van der Waals surface area (Å²) in [6.45, 7) is 4.38. The smallest absolute Gasteiger partial charge is 0.287 e. The summed E-state index contributed by atoms with van der Waals surface area (Å²) in [5.74, 6) is 0.0329. The number of hydrogen-bond acceptors (Lipinski definition) is 8. The van der Waals surface area contributed by atoms with E-state index in [4.69, 9.17) is 9.68 Å². The van der Waals surface area contributed by atoms with Gasteiger partial charge in [-0.1, -0.05) is 22.7 Å². The molecule has 3 heterocycles. The molecule has 1 N–H and O–H groups in total. The maximum Gasteiger partial charge on any atom is 0.287 e. The number of nitrogens with zero attached hydrogens (tertiary/aromatic N) is 4. The van der Waals surface area contributed by atoms with Crippen molar-refractivity contribution in [1.29, 1.82) is 5.26 Å². The standard InChI is InChI=1S/C27H25N5O3S/c1-17-26(36-31-30-17)23(33)13-20-6-7-24-21(12-20)14-25(35-24)27(34)29-22-8-10-32(11-9-22)16-19-4-2-18(15-28)3-5-19/h2-7,12,14,22H,8-11,13,16H2,1H3,(H,29,34). The zero-order chi connectivity index (χ0) is 25.1. The van der Waals surface area contributed by atoms with Crippen molar-refractivity contribution in [3.63, 3.8) is 0 Å². The van der Waals surface area contributed by atoms with Gasteiger partial charge < -0.3 is 9.73 Å². The molecule has 2 aromatic carbocycles. The van der Waals surface area contributed by atoms with Crippen LogP contribution in [0, 0.1) is 18.3 Å². The van der Waals surface area contributed by atoms with Crippen molar-refractivity contribution in [2.75, 3.05) is 13.1 Å². The third-order valence-electron chi connectivity index (χ3n) is 6.49. The molecule has 1 fully saturated rings. The van der Waals surface area contributed by atoms with Crippen LogP contribution in [0.25, 0.3) is 11.0 Å². The highest BCUT2D eigenvalue weighted by molar-refractivity contribution is 7.08. The summed E-state index contributed by atoms with van der Waals surface area (Å²) in [4.78, 5) is 28.3. The van der Waals surface area contributed by atoms with Crippen LogP contribution in [0.3, 0.4) is 0 Å². The van der Waals surface area contributed by atoms with Gasteiger partial charge in [-0.25, -0.2) is 0 Å². The van der Waals surface area contributed by atoms with Crippen LogP contribution in [0.5, 0.6) is 0 Å². The minimum Gasteiger partial charge on any atom is -0.451 e. The van der Waals surface area contributed by atoms with Crippen molar-refractivity contribution >= 4 is 34.2 Å². The van der Waals surface area contributed by atoms with Gasteiger partial charge in [-0.15, -0.1) is 5.10 Å². The first-order chi connectivity index (χ1) is 17.5. The fourth-order valence-corrected chi connectivity index (χ4v) is 5.09. The summed E-state index contributed by atoms with van der Waals surface area (Å²) in [7, 11) is 0. The topological polar surface area (TPSA) is 112 Å². The number of hydrogen-bond donors (Lipinski definition) is 1. The van der Waals surface area contributed by atoms with E-state index in [-0.39, 0.29) is 29.9 Å². The Labute approximate surface area is 212 Å². The van der Waals surface area contributed by atoms with Gasteiger partial charge in [0.1, 0.15) is 10.5 Å². The molecule has 0 radical (unpaired) electrons. The monoisotopic (exact) mass is 499 g/mol. The van der Waals surface area contributed by atoms with Crippen molar-refractivity contribution < 1.29 is 14.0 Å². The molecule has 36 heavy (non-hydrogen) atoms. The van der Waals surface area contributed by atoms with Crippen LogP contribution in [0.2, 0.25) is 0 Å². The van der Waals surface area contributed by atoms with Crippen molar-refractivity contribution in [2.45, 2.75) is 38.8 Å². The molecule has 1 saturated heterocycles. The maximum atomic E-state index is 12.9. The number of piperidine rings is 1. The summed E-state index contributed by atoms with van der Waals surface area (Å²) >= 11 is 1.11. The SMILES string of the molecule is Cc1nnsc1C(=O)Cc1ccc2oc(C(=O)NC3CCN(Cc4ccc(C#N)cc4)CC3)cc2c1. The third-order valence-corrected chi connectivity index (χ3v) is 7.35. The summed E-state index contributed by atoms with van der Waals surface area (Å²) in [5.41, 5.74) is 3.96. The zero-order valence-corrected chi connectivity index (χ0v) is 20.7. The van der Waals surface area contributed by atoms with Crippen molar-refractivity contribution in [1.82, 2.24) is 19.8 Å². The van der Waals surface area contributed by atoms with Gasteiger partial charge in [0, 0.05) is 37.5 Å². The normalized spacial score (nSPS) is 14.6. The Hall–Kier alpha value is -3.87. The minimum absolute atomic E-state index is 0.0196. The van der Waals surface area contributed by atoms with E-state index in [1.54, 1.807) is 19.1 Å². The molecule has 182 valence electrons. The highest BCUT2D eigenvalue weighted by Gasteiger charge is 2.23. The van der Waals surface area contributed by atoms with E-state index in [1.807, 2.05) is 36.4 Å². The predicted octanol–water partition coefficient (Wildman–Crippen LogP) is 4.28. The quantitative estimate of drug-likeness (QED) is 0.378. The molecule has 1 aliphatic heterocycles. The predicted molar refractivity (Wildman–Crippen MR) is 136 cm³/mol. The van der Waals surface area contributed by atoms with Gasteiger partial charge in [-0.2, -0.15) is 5.26 Å². The molecule has 0 atom stereocenters. The molecular formula is C27H25N5O3S. The summed E-state index contributed by atoms with van der Waals surface area (Å²) in [6.07, 6.45) is 1.97. The lowest BCUT2D eigenvalue weighted by molar-refractivity contribution is 0.0882. The highest BCUT2D eigenvalue weighted by Crippen LogP contribution is 2.23. The second kappa shape index (κ2) is 10.4. The first-order valence-electron chi connectivity index (χ1n) is 11.9. The first-order valence-corrected chi connectivity index (χ1v) is 12.6. The second-order valence-corrected chi connectivity index (χ2v) is 9.86. The van der Waals surface area contributed by atoms with Crippen LogP contribution in [-0.4, -0.2) is 45.3 Å². The summed E-state index contributed by atoms with van der Waals surface area (Å²) in [5, 5.41) is 16.7. The van der Waals surface area contributed by atoms with Gasteiger partial charge >= 0.3 is 0 Å². The van der Waals surface area contributed by atoms with E-state index in [0.29, 0.717) is 21.7 Å². The van der Waals surface area contributed by atoms with Crippen LogP contribution in [0.15, 0.2) is 52.9 Å². The van der Waals surface area contributed by atoms with Gasteiger partial charge in [0.05, 0.1) is 17.3 Å². The number of fused-ring (bicyclic) bond motifs is 1. The van der Waals surface area contributed by atoms with Crippen LogP contribution < -0.4 is 5.32 Å². The van der Waals surface area contributed by atoms with E-state index in [1.165, 1.54) is 5.56 Å². The van der Waals surface area contributed by atoms with Gasteiger partial charge in [0.25, 0.3) is 5.91 Å². The first kappa shape index (κ1) is 23.9. The third kappa shape index (κ3) is 5.35. The number of nitrogens with one attached hydrogen (secondary N) is 1. The molecule has 9 heteroatoms. The number of aryl methyl sites for hydroxylation is 1. The number of rotatable bonds is 7. The van der Waals surface area contributed by atoms with Crippen molar-refractivity contribution in [3.8, 4) is 6.07 Å². The fraction of sp³-hybridized carbons (Fsp3) is 0.296. The molecule has 0 bridgehead atoms. The largest absolute Gasteiger partial charge is 0.451 e. The number of carbonyl (C=O) groups excluding carboxylic acids is 2. The highest BCUT2D eigenvalue weighted by atomic mass is 32.1. The van der Waals surface area contributed by atoms with Crippen molar-refractivity contribution in [3.05, 3.63) is 81.6 Å². The van der Waals surface area contributed by atoms with Crippen LogP contribution >= 0.6 is 11.5 Å². The van der Waals surface area contributed by atoms with Crippen LogP contribution in [0.4, 0.5) is 0 Å². The molecule has 1 aliphatic rings. The Kier molecular flexibility index (Phi) is 6.89. The molecule has 2 aromatic heterocycles. The van der Waals surface area contributed by atoms with E-state index in [9.17, 15) is 9.59 Å². The number of nitriles is 1. The van der Waals surface area contributed by atoms with Gasteiger partial charge in [-0.05, 0) is 72.8 Å². The summed E-state index contributed by atoms with van der Waals surface area (Å²) in [6, 6.07) is 17.2. The van der Waals surface area contributed by atoms with Crippen LogP contribution in [-0.2, 0) is 13.0 Å². The average molecular weight is 500 g/mol. The molecule has 0 spiro atoms. The van der Waals surface area contributed by atoms with E-state index in [2.05, 4.69) is 25.9 Å². The number of ketones is 1. The fourth-order valence-electron chi connectivity index (χ4n) is 4.50. The minimum atomic E-state index is -0.222. The number of aromatic nitrogens is 2. The number of Topliss-reactive ketones (excluding diaryl/α,β-unsaturated/α-hetero) is 1. The zero-order valence-electron chi connectivity index (χ0n) is 19.9. The number of likely N-dealkylation sites (tertiary alicyclic amines) is 1. The molecule has 0 unspecified atom stereocenters. The number of amides is 1. The molecule has 8 nitrogen and oxygen atoms in total. The van der Waals surface area contributed by atoms with E-state index in [0.717, 1.165) is 55.0 Å². The second-order valence-electron chi connectivity index (χ2n) is 9.10. The van der Waals surface area contributed by atoms with Gasteiger partial charge in [0.2, 0.25) is 0 Å². The Morgan fingerprint density at radius 1 is 1.14 bits per heavy atom. The molecule has 0 aliphatic carbocycles. The molecular weight excluding hydrogens is 474 g/mol. The van der Waals surface area contributed by atoms with Gasteiger partial charge in [-0.3, -0.25) is 14.5 Å². The van der Waals surface area contributed by atoms with Crippen LogP contribution in [0.1, 0.15) is 55.5 Å². The summed E-state index contributed by atoms with van der Waals surface area (Å²) < 4.78 is 9.63. The number of benzene rings is 2. The number of furan rings is 1. The Bertz CT molecular complexity index is 1440. The average Bonchev–Trinajstić information content (AvgIpc) is 3.51. The molecule has 4 aromatic rings.